The molecule has 0 unspecified atom stereocenters. The lowest BCUT2D eigenvalue weighted by Crippen LogP contribution is -2.58. The van der Waals surface area contributed by atoms with Gasteiger partial charge in [-0.2, -0.15) is 0 Å². The molecular formula is C19H23NO. The first-order valence-corrected chi connectivity index (χ1v) is 8.76. The van der Waals surface area contributed by atoms with E-state index in [1.165, 1.54) is 18.4 Å². The molecule has 5 saturated carbocycles. The highest BCUT2D eigenvalue weighted by molar-refractivity contribution is 5.32. The molecule has 2 bridgehead atoms. The molecule has 0 aromatic heterocycles. The Morgan fingerprint density at radius 2 is 1.71 bits per heavy atom. The van der Waals surface area contributed by atoms with E-state index in [2.05, 4.69) is 35.6 Å². The minimum atomic E-state index is -0.376. The molecular weight excluding hydrogens is 258 g/mol. The first-order valence-electron chi connectivity index (χ1n) is 8.76. The average Bonchev–Trinajstić information content (AvgIpc) is 2.99. The molecule has 2 nitrogen and oxygen atoms in total. The molecule has 21 heavy (non-hydrogen) atoms. The predicted octanol–water partition coefficient (Wildman–Crippen LogP) is 2.29. The monoisotopic (exact) mass is 281 g/mol. The van der Waals surface area contributed by atoms with E-state index in [1.54, 1.807) is 0 Å². The molecule has 9 atom stereocenters. The van der Waals surface area contributed by atoms with Gasteiger partial charge in [0.15, 0.2) is 0 Å². The van der Waals surface area contributed by atoms with Crippen LogP contribution >= 0.6 is 0 Å². The second-order valence-corrected chi connectivity index (χ2v) is 8.41. The van der Waals surface area contributed by atoms with Crippen LogP contribution in [-0.2, 0) is 6.54 Å². The number of nitrogens with one attached hydrogen (secondary N) is 1. The summed E-state index contributed by atoms with van der Waals surface area (Å²) in [5, 5.41) is 15.1. The van der Waals surface area contributed by atoms with Gasteiger partial charge in [0.1, 0.15) is 0 Å². The Labute approximate surface area is 125 Å². The zero-order chi connectivity index (χ0) is 13.8. The summed E-state index contributed by atoms with van der Waals surface area (Å²) in [4.78, 5) is 0. The SMILES string of the molecule is O[C@]1(CNCc2ccccc2)[C@@H]2[C@@H]3C[C@@H]4[C@@H]5[C@H]3C[C@H]2[C@@H]5[C@H]41. The van der Waals surface area contributed by atoms with Crippen molar-refractivity contribution in [2.45, 2.75) is 25.0 Å². The molecule has 0 aliphatic heterocycles. The summed E-state index contributed by atoms with van der Waals surface area (Å²) in [5.74, 6) is 6.88. The van der Waals surface area contributed by atoms with E-state index >= 15 is 0 Å². The normalized spacial score (nSPS) is 57.2. The van der Waals surface area contributed by atoms with Crippen LogP contribution < -0.4 is 5.32 Å². The fourth-order valence-corrected chi connectivity index (χ4v) is 7.96. The maximum atomic E-state index is 11.5. The molecule has 5 aliphatic carbocycles. The molecule has 0 radical (unpaired) electrons. The van der Waals surface area contributed by atoms with E-state index < -0.39 is 0 Å². The van der Waals surface area contributed by atoms with Gasteiger partial charge in [-0.3, -0.25) is 0 Å². The van der Waals surface area contributed by atoms with Crippen molar-refractivity contribution in [2.24, 2.45) is 47.3 Å². The van der Waals surface area contributed by atoms with Crippen LogP contribution in [0.3, 0.4) is 0 Å². The molecule has 110 valence electrons. The van der Waals surface area contributed by atoms with Gasteiger partial charge in [-0.15, -0.1) is 0 Å². The lowest BCUT2D eigenvalue weighted by Gasteiger charge is -2.51. The van der Waals surface area contributed by atoms with Crippen LogP contribution in [0.2, 0.25) is 0 Å². The molecule has 1 aromatic rings. The Hall–Kier alpha value is -0.860. The molecule has 2 N–H and O–H groups in total. The summed E-state index contributed by atoms with van der Waals surface area (Å²) < 4.78 is 0. The first-order chi connectivity index (χ1) is 10.3. The second kappa shape index (κ2) is 3.55. The van der Waals surface area contributed by atoms with Crippen LogP contribution in [0.1, 0.15) is 18.4 Å². The van der Waals surface area contributed by atoms with Crippen LogP contribution in [0.4, 0.5) is 0 Å². The molecule has 0 heterocycles. The summed E-state index contributed by atoms with van der Waals surface area (Å²) in [6.45, 7) is 1.71. The van der Waals surface area contributed by atoms with E-state index in [1.807, 2.05) is 0 Å². The molecule has 6 rings (SSSR count). The average molecular weight is 281 g/mol. The van der Waals surface area contributed by atoms with Crippen molar-refractivity contribution in [3.8, 4) is 0 Å². The Kier molecular flexibility index (Phi) is 1.97. The number of rotatable bonds is 4. The molecule has 2 heteroatoms. The van der Waals surface area contributed by atoms with E-state index in [0.717, 1.165) is 48.6 Å². The maximum absolute atomic E-state index is 11.5. The first kappa shape index (κ1) is 11.7. The van der Waals surface area contributed by atoms with Gasteiger partial charge in [0.2, 0.25) is 0 Å². The molecule has 0 amide bonds. The van der Waals surface area contributed by atoms with Crippen LogP contribution in [0.5, 0.6) is 0 Å². The summed E-state index contributed by atoms with van der Waals surface area (Å²) in [6.07, 6.45) is 2.91. The lowest BCUT2D eigenvalue weighted by molar-refractivity contribution is -0.128. The van der Waals surface area contributed by atoms with Gasteiger partial charge < -0.3 is 10.4 Å². The lowest BCUT2D eigenvalue weighted by atomic mass is 9.56. The summed E-state index contributed by atoms with van der Waals surface area (Å²) in [6, 6.07) is 10.6. The van der Waals surface area contributed by atoms with Crippen molar-refractivity contribution < 1.29 is 5.11 Å². The van der Waals surface area contributed by atoms with E-state index in [4.69, 9.17) is 0 Å². The number of hydrogen-bond acceptors (Lipinski definition) is 2. The van der Waals surface area contributed by atoms with Gasteiger partial charge in [0.25, 0.3) is 0 Å². The molecule has 5 fully saturated rings. The molecule has 5 aliphatic rings. The van der Waals surface area contributed by atoms with E-state index in [9.17, 15) is 5.11 Å². The van der Waals surface area contributed by atoms with Crippen LogP contribution in [0.25, 0.3) is 0 Å². The quantitative estimate of drug-likeness (QED) is 0.887. The summed E-state index contributed by atoms with van der Waals surface area (Å²) in [5.41, 5.74) is 0.947. The zero-order valence-electron chi connectivity index (χ0n) is 12.3. The highest BCUT2D eigenvalue weighted by Gasteiger charge is 2.84. The van der Waals surface area contributed by atoms with Gasteiger partial charge in [0, 0.05) is 13.1 Å². The summed E-state index contributed by atoms with van der Waals surface area (Å²) in [7, 11) is 0. The van der Waals surface area contributed by atoms with Gasteiger partial charge in [-0.25, -0.2) is 0 Å². The smallest absolute Gasteiger partial charge is 0.0838 e. The van der Waals surface area contributed by atoms with Crippen molar-refractivity contribution in [1.82, 2.24) is 5.32 Å². The number of fused-ring (bicyclic) bond motifs is 2. The molecule has 0 spiro atoms. The molecule has 0 saturated heterocycles. The topological polar surface area (TPSA) is 32.3 Å². The van der Waals surface area contributed by atoms with Crippen molar-refractivity contribution in [1.29, 1.82) is 0 Å². The third kappa shape index (κ3) is 1.14. The molecule has 1 aromatic carbocycles. The number of aliphatic hydroxyl groups is 1. The fraction of sp³-hybridized carbons (Fsp3) is 0.684. The van der Waals surface area contributed by atoms with Crippen LogP contribution in [-0.4, -0.2) is 17.3 Å². The Balaban J connectivity index is 1.24. The highest BCUT2D eigenvalue weighted by Crippen LogP contribution is 2.85. The van der Waals surface area contributed by atoms with Gasteiger partial charge in [0.05, 0.1) is 5.60 Å². The number of hydrogen-bond donors (Lipinski definition) is 2. The number of benzene rings is 1. The predicted molar refractivity (Wildman–Crippen MR) is 80.3 cm³/mol. The fourth-order valence-electron chi connectivity index (χ4n) is 7.96. The van der Waals surface area contributed by atoms with Crippen molar-refractivity contribution in [2.75, 3.05) is 6.54 Å². The Morgan fingerprint density at radius 1 is 0.952 bits per heavy atom. The largest absolute Gasteiger partial charge is 0.388 e. The van der Waals surface area contributed by atoms with Gasteiger partial charge >= 0.3 is 0 Å². The summed E-state index contributed by atoms with van der Waals surface area (Å²) >= 11 is 0. The van der Waals surface area contributed by atoms with Crippen LogP contribution in [0, 0.1) is 47.3 Å². The third-order valence-corrected chi connectivity index (χ3v) is 8.10. The minimum Gasteiger partial charge on any atom is -0.388 e. The van der Waals surface area contributed by atoms with Crippen molar-refractivity contribution >= 4 is 0 Å². The van der Waals surface area contributed by atoms with Crippen molar-refractivity contribution in [3.63, 3.8) is 0 Å². The van der Waals surface area contributed by atoms with E-state index in [0.29, 0.717) is 11.8 Å². The van der Waals surface area contributed by atoms with Gasteiger partial charge in [-0.1, -0.05) is 30.3 Å². The zero-order valence-corrected chi connectivity index (χ0v) is 12.3. The van der Waals surface area contributed by atoms with E-state index in [-0.39, 0.29) is 5.60 Å². The Morgan fingerprint density at radius 3 is 2.57 bits per heavy atom. The Bertz CT molecular complexity index is 595. The third-order valence-electron chi connectivity index (χ3n) is 8.10. The standard InChI is InChI=1S/C19H23NO/c21-19(9-20-8-10-4-2-1-3-5-10)17-12-7-13-15-11(12)6-14(17)16(15)18(13)19/h1-5,11-18,20-21H,6-9H2/t11-,12+,13+,14-,15-,16-,17+,18-,19+/m0/s1. The highest BCUT2D eigenvalue weighted by atomic mass is 16.3. The minimum absolute atomic E-state index is 0.376. The maximum Gasteiger partial charge on any atom is 0.0838 e. The van der Waals surface area contributed by atoms with Crippen LogP contribution in [0.15, 0.2) is 30.3 Å². The van der Waals surface area contributed by atoms with Crippen molar-refractivity contribution in [3.05, 3.63) is 35.9 Å². The second-order valence-electron chi connectivity index (χ2n) is 8.41. The van der Waals surface area contributed by atoms with Gasteiger partial charge in [-0.05, 0) is 65.7 Å².